The van der Waals surface area contributed by atoms with E-state index in [9.17, 15) is 9.59 Å². The van der Waals surface area contributed by atoms with Crippen LogP contribution in [-0.2, 0) is 0 Å². The fraction of sp³-hybridized carbons (Fsp3) is 0.429. The minimum atomic E-state index is 0.0457. The van der Waals surface area contributed by atoms with E-state index in [1.807, 2.05) is 36.4 Å². The number of carbonyl (C=O) groups excluding carboxylic acids is 2. The van der Waals surface area contributed by atoms with Crippen LogP contribution in [0.5, 0.6) is 0 Å². The maximum absolute atomic E-state index is 12.8. The lowest BCUT2D eigenvalue weighted by Crippen LogP contribution is -2.62. The topological polar surface area (TPSA) is 49.4 Å². The van der Waals surface area contributed by atoms with Crippen LogP contribution in [0, 0.1) is 5.92 Å². The van der Waals surface area contributed by atoms with Gasteiger partial charge in [-0.3, -0.25) is 14.5 Å². The monoisotopic (exact) mass is 400 g/mol. The Hall–Kier alpha value is -1.63. The Balaban J connectivity index is 1.40. The lowest BCUT2D eigenvalue weighted by atomic mass is 9.79. The van der Waals surface area contributed by atoms with Gasteiger partial charge in [0.05, 0.1) is 9.09 Å². The Morgan fingerprint density at radius 1 is 1.11 bits per heavy atom. The van der Waals surface area contributed by atoms with E-state index in [1.54, 1.807) is 18.7 Å². The third-order valence-corrected chi connectivity index (χ3v) is 7.98. The normalized spacial score (nSPS) is 26.7. The van der Waals surface area contributed by atoms with Crippen molar-refractivity contribution in [3.63, 3.8) is 0 Å². The molecule has 0 spiro atoms. The highest BCUT2D eigenvalue weighted by Crippen LogP contribution is 2.35. The molecule has 5 rings (SSSR count). The van der Waals surface area contributed by atoms with Crippen LogP contribution in [-0.4, -0.2) is 41.8 Å². The summed E-state index contributed by atoms with van der Waals surface area (Å²) < 4.78 is 1.08. The molecular formula is C21H24N2O2S2. The highest BCUT2D eigenvalue weighted by atomic mass is 32.2. The highest BCUT2D eigenvalue weighted by molar-refractivity contribution is 8.01. The van der Waals surface area contributed by atoms with Gasteiger partial charge in [-0.15, -0.1) is 11.3 Å². The molecule has 2 bridgehead atoms. The summed E-state index contributed by atoms with van der Waals surface area (Å²) in [4.78, 5) is 28.5. The molecule has 0 saturated carbocycles. The minimum absolute atomic E-state index is 0.0457. The summed E-state index contributed by atoms with van der Waals surface area (Å²) >= 11 is 3.15. The van der Waals surface area contributed by atoms with Crippen LogP contribution in [0.15, 0.2) is 45.5 Å². The number of hydrogen-bond acceptors (Lipinski definition) is 5. The zero-order chi connectivity index (χ0) is 19.0. The highest BCUT2D eigenvalue weighted by Gasteiger charge is 2.40. The summed E-state index contributed by atoms with van der Waals surface area (Å²) in [6.07, 6.45) is 2.38. The van der Waals surface area contributed by atoms with E-state index >= 15 is 0 Å². The van der Waals surface area contributed by atoms with E-state index in [1.165, 1.54) is 37.3 Å². The van der Waals surface area contributed by atoms with Gasteiger partial charge < -0.3 is 5.32 Å². The first kappa shape index (κ1) is 18.7. The maximum atomic E-state index is 12.8. The second-order valence-corrected chi connectivity index (χ2v) is 9.87. The molecule has 0 aliphatic carbocycles. The molecule has 142 valence electrons. The molecule has 1 N–H and O–H groups in total. The predicted octanol–water partition coefficient (Wildman–Crippen LogP) is 4.31. The number of benzene rings is 1. The van der Waals surface area contributed by atoms with Crippen LogP contribution < -0.4 is 5.32 Å². The van der Waals surface area contributed by atoms with Crippen LogP contribution >= 0.6 is 23.1 Å². The SMILES string of the molecule is CC(=O)c1ccc(Sc2ccc(C(=O)NC3C4CCN(CC4)C3C)s2)cc1. The summed E-state index contributed by atoms with van der Waals surface area (Å²) in [5.41, 5.74) is 0.720. The van der Waals surface area contributed by atoms with Crippen molar-refractivity contribution in [3.05, 3.63) is 46.8 Å². The quantitative estimate of drug-likeness (QED) is 0.760. The zero-order valence-corrected chi connectivity index (χ0v) is 17.2. The van der Waals surface area contributed by atoms with Crippen molar-refractivity contribution in [3.8, 4) is 0 Å². The van der Waals surface area contributed by atoms with E-state index in [4.69, 9.17) is 0 Å². The molecule has 2 atom stereocenters. The molecule has 0 radical (unpaired) electrons. The number of nitrogens with one attached hydrogen (secondary N) is 1. The number of piperidine rings is 3. The average Bonchev–Trinajstić information content (AvgIpc) is 3.14. The Morgan fingerprint density at radius 3 is 2.44 bits per heavy atom. The van der Waals surface area contributed by atoms with Crippen molar-refractivity contribution in [1.29, 1.82) is 0 Å². The Bertz CT molecular complexity index is 836. The van der Waals surface area contributed by atoms with Gasteiger partial charge in [0.2, 0.25) is 0 Å². The van der Waals surface area contributed by atoms with Crippen molar-refractivity contribution in [2.75, 3.05) is 13.1 Å². The summed E-state index contributed by atoms with van der Waals surface area (Å²) in [5, 5.41) is 3.30. The number of nitrogens with zero attached hydrogens (tertiary/aromatic N) is 1. The smallest absolute Gasteiger partial charge is 0.261 e. The van der Waals surface area contributed by atoms with Gasteiger partial charge in [0.1, 0.15) is 0 Å². The van der Waals surface area contributed by atoms with Crippen LogP contribution in [0.1, 0.15) is 46.7 Å². The van der Waals surface area contributed by atoms with E-state index in [-0.39, 0.29) is 17.7 Å². The zero-order valence-electron chi connectivity index (χ0n) is 15.6. The van der Waals surface area contributed by atoms with E-state index in [0.717, 1.165) is 19.5 Å². The van der Waals surface area contributed by atoms with Gasteiger partial charge in [-0.1, -0.05) is 23.9 Å². The lowest BCUT2D eigenvalue weighted by molar-refractivity contribution is 0.0218. The standard InChI is InChI=1S/C21H24N2O2S2/c1-13-20(16-9-11-23(13)12-10-16)22-21(25)18-7-8-19(27-18)26-17-5-3-15(4-6-17)14(2)24/h3-8,13,16,20H,9-12H2,1-2H3,(H,22,25). The van der Waals surface area contributed by atoms with Gasteiger partial charge in [-0.25, -0.2) is 0 Å². The molecule has 6 heteroatoms. The minimum Gasteiger partial charge on any atom is -0.347 e. The number of carbonyl (C=O) groups is 2. The number of amides is 1. The molecule has 3 fully saturated rings. The lowest BCUT2D eigenvalue weighted by Gasteiger charge is -2.49. The molecule has 4 heterocycles. The summed E-state index contributed by atoms with van der Waals surface area (Å²) in [6, 6.07) is 12.2. The van der Waals surface area contributed by atoms with E-state index in [2.05, 4.69) is 17.1 Å². The molecular weight excluding hydrogens is 376 g/mol. The Kier molecular flexibility index (Phi) is 5.39. The van der Waals surface area contributed by atoms with Crippen LogP contribution in [0.3, 0.4) is 0 Å². The predicted molar refractivity (Wildman–Crippen MR) is 110 cm³/mol. The number of Topliss-reactive ketones (excluding diaryl/α,β-unsaturated/α-hetero) is 1. The van der Waals surface area contributed by atoms with Crippen LogP contribution in [0.25, 0.3) is 0 Å². The van der Waals surface area contributed by atoms with Gasteiger partial charge in [0, 0.05) is 22.5 Å². The molecule has 1 amide bonds. The Labute approximate surface area is 168 Å². The van der Waals surface area contributed by atoms with Crippen molar-refractivity contribution in [2.45, 2.75) is 47.9 Å². The summed E-state index contributed by atoms with van der Waals surface area (Å²) in [5.74, 6) is 0.732. The second kappa shape index (κ2) is 7.78. The van der Waals surface area contributed by atoms with Crippen LogP contribution in [0.2, 0.25) is 0 Å². The second-order valence-electron chi connectivity index (χ2n) is 7.41. The van der Waals surface area contributed by atoms with E-state index < -0.39 is 0 Å². The fourth-order valence-electron chi connectivity index (χ4n) is 4.14. The van der Waals surface area contributed by atoms with Crippen molar-refractivity contribution >= 4 is 34.8 Å². The molecule has 27 heavy (non-hydrogen) atoms. The third-order valence-electron chi connectivity index (χ3n) is 5.76. The van der Waals surface area contributed by atoms with Gasteiger partial charge >= 0.3 is 0 Å². The third kappa shape index (κ3) is 3.98. The van der Waals surface area contributed by atoms with Crippen molar-refractivity contribution in [2.24, 2.45) is 5.92 Å². The number of fused-ring (bicyclic) bond motifs is 3. The largest absolute Gasteiger partial charge is 0.347 e. The molecule has 2 aromatic rings. The van der Waals surface area contributed by atoms with Crippen LogP contribution in [0.4, 0.5) is 0 Å². The molecule has 3 saturated heterocycles. The molecule has 2 unspecified atom stereocenters. The number of thiophene rings is 1. The fourth-order valence-corrected chi connectivity index (χ4v) is 6.14. The summed E-state index contributed by atoms with van der Waals surface area (Å²) in [6.45, 7) is 6.14. The first-order chi connectivity index (χ1) is 13.0. The maximum Gasteiger partial charge on any atom is 0.261 e. The number of rotatable bonds is 5. The first-order valence-electron chi connectivity index (χ1n) is 9.45. The average molecular weight is 401 g/mol. The molecule has 3 aliphatic heterocycles. The van der Waals surface area contributed by atoms with Gasteiger partial charge in [-0.2, -0.15) is 0 Å². The molecule has 1 aromatic carbocycles. The number of ketones is 1. The first-order valence-corrected chi connectivity index (χ1v) is 11.1. The molecule has 4 nitrogen and oxygen atoms in total. The Morgan fingerprint density at radius 2 is 1.81 bits per heavy atom. The van der Waals surface area contributed by atoms with Gasteiger partial charge in [-0.05, 0) is 70.0 Å². The molecule has 3 aliphatic rings. The van der Waals surface area contributed by atoms with Crippen molar-refractivity contribution < 1.29 is 9.59 Å². The van der Waals surface area contributed by atoms with Crippen molar-refractivity contribution in [1.82, 2.24) is 10.2 Å². The van der Waals surface area contributed by atoms with Gasteiger partial charge in [0.15, 0.2) is 5.78 Å². The van der Waals surface area contributed by atoms with Gasteiger partial charge in [0.25, 0.3) is 5.91 Å². The number of hydrogen-bond donors (Lipinski definition) is 1. The van der Waals surface area contributed by atoms with E-state index in [0.29, 0.717) is 12.0 Å². The molecule has 1 aromatic heterocycles. The summed E-state index contributed by atoms with van der Waals surface area (Å²) in [7, 11) is 0.